The van der Waals surface area contributed by atoms with Gasteiger partial charge in [-0.25, -0.2) is 8.78 Å². The minimum absolute atomic E-state index is 0.125. The largest absolute Gasteiger partial charge is 0.207 e. The van der Waals surface area contributed by atoms with Crippen LogP contribution in [0, 0.1) is 23.0 Å². The Hall–Kier alpha value is -0.150. The van der Waals surface area contributed by atoms with Crippen LogP contribution < -0.4 is 0 Å². The summed E-state index contributed by atoms with van der Waals surface area (Å²) in [7, 11) is 0. The molecule has 0 radical (unpaired) electrons. The topological polar surface area (TPSA) is 0 Å². The van der Waals surface area contributed by atoms with Crippen LogP contribution in [-0.4, -0.2) is 0 Å². The number of alkyl halides is 1. The molecule has 0 amide bonds. The number of halogens is 4. The van der Waals surface area contributed by atoms with Crippen molar-refractivity contribution in [3.05, 3.63) is 33.8 Å². The molecular formula is C15H20BrClF2. The van der Waals surface area contributed by atoms with E-state index in [9.17, 15) is 8.78 Å². The molecule has 1 rings (SSSR count). The minimum atomic E-state index is -0.500. The van der Waals surface area contributed by atoms with E-state index in [1.54, 1.807) is 0 Å². The average molecular weight is 354 g/mol. The fourth-order valence-corrected chi connectivity index (χ4v) is 3.17. The number of benzene rings is 1. The van der Waals surface area contributed by atoms with Crippen LogP contribution in [0.2, 0.25) is 0 Å². The van der Waals surface area contributed by atoms with Crippen molar-refractivity contribution in [1.82, 2.24) is 0 Å². The fraction of sp³-hybridized carbons (Fsp3) is 0.600. The van der Waals surface area contributed by atoms with Crippen molar-refractivity contribution >= 4 is 27.5 Å². The summed E-state index contributed by atoms with van der Waals surface area (Å²) in [5, 5.41) is -0.500. The molecule has 4 heteroatoms. The van der Waals surface area contributed by atoms with Crippen LogP contribution >= 0.6 is 27.5 Å². The quantitative estimate of drug-likeness (QED) is 0.430. The van der Waals surface area contributed by atoms with E-state index in [-0.39, 0.29) is 15.5 Å². The molecule has 0 saturated carbocycles. The Morgan fingerprint density at radius 3 is 2.32 bits per heavy atom. The van der Waals surface area contributed by atoms with Crippen LogP contribution in [0.15, 0.2) is 16.6 Å². The van der Waals surface area contributed by atoms with Gasteiger partial charge in [0.05, 0.1) is 9.85 Å². The first-order chi connectivity index (χ1) is 8.60. The predicted octanol–water partition coefficient (Wildman–Crippen LogP) is 6.47. The Balaban J connectivity index is 2.78. The summed E-state index contributed by atoms with van der Waals surface area (Å²) in [5.41, 5.74) is 0.447. The molecule has 0 heterocycles. The zero-order chi connectivity index (χ0) is 14.8. The standard InChI is InChI=1S/C15H20BrClF2/c1-9(8-15(2,3)4)5-12(17)10-6-14(19)11(16)7-13(10)18/h6-7,9,12H,5,8H2,1-4H3. The summed E-state index contributed by atoms with van der Waals surface area (Å²) >= 11 is 9.20. The summed E-state index contributed by atoms with van der Waals surface area (Å²) in [6.07, 6.45) is 1.63. The molecule has 1 aromatic rings. The molecule has 1 aromatic carbocycles. The summed E-state index contributed by atoms with van der Waals surface area (Å²) in [4.78, 5) is 0. The highest BCUT2D eigenvalue weighted by Crippen LogP contribution is 2.35. The average Bonchev–Trinajstić information content (AvgIpc) is 2.20. The van der Waals surface area contributed by atoms with Crippen LogP contribution in [0.5, 0.6) is 0 Å². The lowest BCUT2D eigenvalue weighted by Crippen LogP contribution is -2.12. The van der Waals surface area contributed by atoms with E-state index in [2.05, 4.69) is 43.6 Å². The minimum Gasteiger partial charge on any atom is -0.207 e. The molecule has 0 aliphatic carbocycles. The normalized spacial score (nSPS) is 15.4. The molecule has 2 atom stereocenters. The second-order valence-electron chi connectivity index (χ2n) is 6.36. The van der Waals surface area contributed by atoms with Crippen LogP contribution in [0.3, 0.4) is 0 Å². The number of hydrogen-bond acceptors (Lipinski definition) is 0. The van der Waals surface area contributed by atoms with Crippen molar-refractivity contribution in [2.45, 2.75) is 45.9 Å². The van der Waals surface area contributed by atoms with E-state index >= 15 is 0 Å². The van der Waals surface area contributed by atoms with Gasteiger partial charge < -0.3 is 0 Å². The summed E-state index contributed by atoms with van der Waals surface area (Å²) in [5.74, 6) is -0.588. The van der Waals surface area contributed by atoms with Crippen LogP contribution in [0.4, 0.5) is 8.78 Å². The first-order valence-electron chi connectivity index (χ1n) is 6.38. The molecule has 0 aliphatic rings. The van der Waals surface area contributed by atoms with Gasteiger partial charge in [0, 0.05) is 5.56 Å². The van der Waals surface area contributed by atoms with Crippen molar-refractivity contribution < 1.29 is 8.78 Å². The first kappa shape index (κ1) is 16.9. The van der Waals surface area contributed by atoms with Gasteiger partial charge in [-0.3, -0.25) is 0 Å². The van der Waals surface area contributed by atoms with Crippen molar-refractivity contribution in [3.8, 4) is 0 Å². The summed E-state index contributed by atoms with van der Waals surface area (Å²) < 4.78 is 27.4. The third-order valence-electron chi connectivity index (χ3n) is 2.95. The van der Waals surface area contributed by atoms with Gasteiger partial charge in [0.1, 0.15) is 11.6 Å². The molecule has 0 spiro atoms. The predicted molar refractivity (Wildman–Crippen MR) is 80.5 cm³/mol. The smallest absolute Gasteiger partial charge is 0.137 e. The third-order valence-corrected chi connectivity index (χ3v) is 3.97. The molecular weight excluding hydrogens is 334 g/mol. The zero-order valence-corrected chi connectivity index (χ0v) is 14.1. The molecule has 108 valence electrons. The highest BCUT2D eigenvalue weighted by Gasteiger charge is 2.21. The maximum Gasteiger partial charge on any atom is 0.137 e. The summed E-state index contributed by atoms with van der Waals surface area (Å²) in [6, 6.07) is 2.31. The molecule has 0 bridgehead atoms. The molecule has 0 aromatic heterocycles. The van der Waals surface area contributed by atoms with Crippen molar-refractivity contribution in [1.29, 1.82) is 0 Å². The van der Waals surface area contributed by atoms with Crippen molar-refractivity contribution in [2.75, 3.05) is 0 Å². The second-order valence-corrected chi connectivity index (χ2v) is 7.74. The Labute approximate surface area is 127 Å². The van der Waals surface area contributed by atoms with E-state index < -0.39 is 17.0 Å². The van der Waals surface area contributed by atoms with E-state index in [0.717, 1.165) is 12.5 Å². The van der Waals surface area contributed by atoms with Gasteiger partial charge in [-0.15, -0.1) is 11.6 Å². The maximum atomic E-state index is 13.8. The van der Waals surface area contributed by atoms with Gasteiger partial charge in [0.25, 0.3) is 0 Å². The summed E-state index contributed by atoms with van der Waals surface area (Å²) in [6.45, 7) is 8.57. The van der Waals surface area contributed by atoms with Gasteiger partial charge in [0.15, 0.2) is 0 Å². The molecule has 0 aliphatic heterocycles. The molecule has 19 heavy (non-hydrogen) atoms. The van der Waals surface area contributed by atoms with E-state index in [0.29, 0.717) is 12.3 Å². The Kier molecular flexibility index (Phi) is 5.81. The lowest BCUT2D eigenvalue weighted by atomic mass is 9.83. The Morgan fingerprint density at radius 2 is 1.79 bits per heavy atom. The van der Waals surface area contributed by atoms with Crippen LogP contribution in [-0.2, 0) is 0 Å². The van der Waals surface area contributed by atoms with Gasteiger partial charge >= 0.3 is 0 Å². The molecule has 0 nitrogen and oxygen atoms in total. The number of rotatable bonds is 4. The second kappa shape index (κ2) is 6.53. The van der Waals surface area contributed by atoms with Crippen molar-refractivity contribution in [2.24, 2.45) is 11.3 Å². The van der Waals surface area contributed by atoms with E-state index in [4.69, 9.17) is 11.6 Å². The Bertz CT molecular complexity index is 441. The Morgan fingerprint density at radius 1 is 1.21 bits per heavy atom. The number of hydrogen-bond donors (Lipinski definition) is 0. The van der Waals surface area contributed by atoms with E-state index in [1.165, 1.54) is 6.07 Å². The van der Waals surface area contributed by atoms with E-state index in [1.807, 2.05) is 0 Å². The van der Waals surface area contributed by atoms with Gasteiger partial charge in [0.2, 0.25) is 0 Å². The molecule has 2 unspecified atom stereocenters. The highest BCUT2D eigenvalue weighted by molar-refractivity contribution is 9.10. The van der Waals surface area contributed by atoms with Gasteiger partial charge in [-0.05, 0) is 52.2 Å². The molecule has 0 saturated heterocycles. The zero-order valence-electron chi connectivity index (χ0n) is 11.7. The molecule has 0 N–H and O–H groups in total. The SMILES string of the molecule is CC(CC(Cl)c1cc(F)c(Br)cc1F)CC(C)(C)C. The fourth-order valence-electron chi connectivity index (χ4n) is 2.39. The van der Waals surface area contributed by atoms with Crippen LogP contribution in [0.25, 0.3) is 0 Å². The van der Waals surface area contributed by atoms with Crippen LogP contribution in [0.1, 0.15) is 51.5 Å². The van der Waals surface area contributed by atoms with Gasteiger partial charge in [-0.1, -0.05) is 27.7 Å². The van der Waals surface area contributed by atoms with Crippen molar-refractivity contribution in [3.63, 3.8) is 0 Å². The lowest BCUT2D eigenvalue weighted by molar-refractivity contribution is 0.294. The monoisotopic (exact) mass is 352 g/mol. The first-order valence-corrected chi connectivity index (χ1v) is 7.61. The lowest BCUT2D eigenvalue weighted by Gasteiger charge is -2.25. The molecule has 0 fully saturated rings. The van der Waals surface area contributed by atoms with Gasteiger partial charge in [-0.2, -0.15) is 0 Å². The highest BCUT2D eigenvalue weighted by atomic mass is 79.9. The third kappa shape index (κ3) is 5.39. The maximum absolute atomic E-state index is 13.8.